The predicted molar refractivity (Wildman–Crippen MR) is 83.8 cm³/mol. The van der Waals surface area contributed by atoms with Crippen molar-refractivity contribution in [1.82, 2.24) is 5.32 Å². The van der Waals surface area contributed by atoms with Crippen LogP contribution in [0.4, 0.5) is 8.78 Å². The smallest absolute Gasteiger partial charge is 0.387 e. The Kier molecular flexibility index (Phi) is 5.15. The van der Waals surface area contributed by atoms with E-state index in [4.69, 9.17) is 0 Å². The summed E-state index contributed by atoms with van der Waals surface area (Å²) in [6.07, 6.45) is 0. The van der Waals surface area contributed by atoms with E-state index >= 15 is 0 Å². The molecule has 2 rings (SSSR count). The highest BCUT2D eigenvalue weighted by Crippen LogP contribution is 2.27. The summed E-state index contributed by atoms with van der Waals surface area (Å²) in [6, 6.07) is 10.1. The van der Waals surface area contributed by atoms with Crippen molar-refractivity contribution in [2.24, 2.45) is 5.41 Å². The van der Waals surface area contributed by atoms with Crippen molar-refractivity contribution in [3.05, 3.63) is 42.0 Å². The fourth-order valence-corrected chi connectivity index (χ4v) is 2.06. The molecule has 4 nitrogen and oxygen atoms in total. The number of hydrogen-bond donors (Lipinski definition) is 2. The van der Waals surface area contributed by atoms with Gasteiger partial charge in [0.1, 0.15) is 5.75 Å². The van der Waals surface area contributed by atoms with Crippen molar-refractivity contribution in [3.8, 4) is 5.75 Å². The molecular formula is C17H19F2NO3. The molecule has 124 valence electrons. The van der Waals surface area contributed by atoms with E-state index in [-0.39, 0.29) is 24.5 Å². The maximum absolute atomic E-state index is 12.6. The summed E-state index contributed by atoms with van der Waals surface area (Å²) in [7, 11) is 0. The molecule has 0 saturated carbocycles. The van der Waals surface area contributed by atoms with Gasteiger partial charge in [-0.25, -0.2) is 0 Å². The second kappa shape index (κ2) is 6.91. The number of fused-ring (bicyclic) bond motifs is 1. The number of hydrogen-bond acceptors (Lipinski definition) is 3. The van der Waals surface area contributed by atoms with E-state index in [2.05, 4.69) is 10.1 Å². The van der Waals surface area contributed by atoms with Crippen LogP contribution in [0.1, 0.15) is 24.2 Å². The maximum Gasteiger partial charge on any atom is 0.387 e. The molecule has 0 aliphatic rings. The van der Waals surface area contributed by atoms with Gasteiger partial charge in [-0.15, -0.1) is 0 Å². The Bertz CT molecular complexity index is 701. The molecule has 0 fully saturated rings. The molecule has 2 N–H and O–H groups in total. The normalized spacial score (nSPS) is 11.7. The molecule has 2 aromatic rings. The third kappa shape index (κ3) is 4.39. The highest BCUT2D eigenvalue weighted by molar-refractivity contribution is 6.01. The van der Waals surface area contributed by atoms with E-state index in [1.54, 1.807) is 38.1 Å². The molecule has 1 amide bonds. The Hall–Kier alpha value is -2.21. The van der Waals surface area contributed by atoms with Gasteiger partial charge in [0.05, 0.1) is 5.56 Å². The summed E-state index contributed by atoms with van der Waals surface area (Å²) in [5.74, 6) is -0.689. The monoisotopic (exact) mass is 323 g/mol. The van der Waals surface area contributed by atoms with Gasteiger partial charge < -0.3 is 15.2 Å². The average molecular weight is 323 g/mol. The molecule has 23 heavy (non-hydrogen) atoms. The second-order valence-electron chi connectivity index (χ2n) is 6.08. The molecule has 0 atom stereocenters. The highest BCUT2D eigenvalue weighted by atomic mass is 19.3. The number of carbonyl (C=O) groups is 1. The van der Waals surface area contributed by atoms with Gasteiger partial charge in [-0.3, -0.25) is 4.79 Å². The number of amides is 1. The third-order valence-corrected chi connectivity index (χ3v) is 3.46. The summed E-state index contributed by atoms with van der Waals surface area (Å²) in [5, 5.41) is 13.3. The largest absolute Gasteiger partial charge is 0.434 e. The summed E-state index contributed by atoms with van der Waals surface area (Å²) < 4.78 is 29.7. The predicted octanol–water partition coefficient (Wildman–Crippen LogP) is 3.19. The molecular weight excluding hydrogens is 304 g/mol. The number of ether oxygens (including phenoxy) is 1. The number of halogens is 2. The lowest BCUT2D eigenvalue weighted by atomic mass is 9.95. The van der Waals surface area contributed by atoms with Crippen LogP contribution in [0.3, 0.4) is 0 Å². The topological polar surface area (TPSA) is 58.6 Å². The minimum atomic E-state index is -3.02. The molecule has 0 aliphatic carbocycles. The van der Waals surface area contributed by atoms with Gasteiger partial charge in [0.25, 0.3) is 5.91 Å². The first kappa shape index (κ1) is 17.1. The first-order chi connectivity index (χ1) is 10.8. The van der Waals surface area contributed by atoms with Crippen LogP contribution in [0.5, 0.6) is 5.75 Å². The van der Waals surface area contributed by atoms with E-state index in [0.717, 1.165) is 5.39 Å². The van der Waals surface area contributed by atoms with Crippen molar-refractivity contribution in [2.75, 3.05) is 13.2 Å². The van der Waals surface area contributed by atoms with Crippen LogP contribution in [0.15, 0.2) is 36.4 Å². The van der Waals surface area contributed by atoms with Crippen LogP contribution in [-0.2, 0) is 0 Å². The molecule has 2 aromatic carbocycles. The number of nitrogens with one attached hydrogen (secondary N) is 1. The van der Waals surface area contributed by atoms with Crippen molar-refractivity contribution in [3.63, 3.8) is 0 Å². The SMILES string of the molecule is CC(C)(CO)CNC(=O)c1cc2ccccc2cc1OC(F)F. The van der Waals surface area contributed by atoms with E-state index in [1.165, 1.54) is 12.1 Å². The van der Waals surface area contributed by atoms with Gasteiger partial charge in [-0.2, -0.15) is 8.78 Å². The first-order valence-corrected chi connectivity index (χ1v) is 7.19. The first-order valence-electron chi connectivity index (χ1n) is 7.19. The summed E-state index contributed by atoms with van der Waals surface area (Å²) in [5.41, 5.74) is -0.464. The number of alkyl halides is 2. The fourth-order valence-electron chi connectivity index (χ4n) is 2.06. The number of carbonyl (C=O) groups excluding carboxylic acids is 1. The molecule has 0 aliphatic heterocycles. The average Bonchev–Trinajstić information content (AvgIpc) is 2.51. The maximum atomic E-state index is 12.6. The van der Waals surface area contributed by atoms with Crippen molar-refractivity contribution >= 4 is 16.7 Å². The zero-order valence-electron chi connectivity index (χ0n) is 13.0. The molecule has 0 aromatic heterocycles. The van der Waals surface area contributed by atoms with Gasteiger partial charge >= 0.3 is 6.61 Å². The van der Waals surface area contributed by atoms with Gasteiger partial charge in [-0.1, -0.05) is 38.1 Å². The van der Waals surface area contributed by atoms with Gasteiger partial charge in [-0.05, 0) is 22.9 Å². The Morgan fingerprint density at radius 3 is 2.43 bits per heavy atom. The Morgan fingerprint density at radius 2 is 1.87 bits per heavy atom. The second-order valence-corrected chi connectivity index (χ2v) is 6.08. The zero-order chi connectivity index (χ0) is 17.0. The standard InChI is InChI=1S/C17H19F2NO3/c1-17(2,10-21)9-20-15(22)13-7-11-5-3-4-6-12(11)8-14(13)23-16(18)19/h3-8,16,21H,9-10H2,1-2H3,(H,20,22). The van der Waals surface area contributed by atoms with Crippen molar-refractivity contribution in [1.29, 1.82) is 0 Å². The number of aliphatic hydroxyl groups excluding tert-OH is 1. The van der Waals surface area contributed by atoms with E-state index in [1.807, 2.05) is 0 Å². The van der Waals surface area contributed by atoms with Gasteiger partial charge in [0.2, 0.25) is 0 Å². The highest BCUT2D eigenvalue weighted by Gasteiger charge is 2.21. The van der Waals surface area contributed by atoms with Crippen LogP contribution in [0.2, 0.25) is 0 Å². The molecule has 0 radical (unpaired) electrons. The Morgan fingerprint density at radius 1 is 1.26 bits per heavy atom. The summed E-state index contributed by atoms with van der Waals surface area (Å²) >= 11 is 0. The van der Waals surface area contributed by atoms with E-state index in [9.17, 15) is 18.7 Å². The molecule has 0 saturated heterocycles. The Labute approximate surface area is 133 Å². The van der Waals surface area contributed by atoms with Crippen LogP contribution in [-0.4, -0.2) is 30.8 Å². The molecule has 0 spiro atoms. The lowest BCUT2D eigenvalue weighted by molar-refractivity contribution is -0.0500. The van der Waals surface area contributed by atoms with Crippen LogP contribution in [0.25, 0.3) is 10.8 Å². The summed E-state index contributed by atoms with van der Waals surface area (Å²) in [6.45, 7) is 0.653. The molecule has 0 heterocycles. The van der Waals surface area contributed by atoms with Crippen molar-refractivity contribution < 1.29 is 23.4 Å². The number of aliphatic hydroxyl groups is 1. The number of rotatable bonds is 6. The fraction of sp³-hybridized carbons (Fsp3) is 0.353. The minimum Gasteiger partial charge on any atom is -0.434 e. The zero-order valence-corrected chi connectivity index (χ0v) is 13.0. The van der Waals surface area contributed by atoms with Gasteiger partial charge in [0.15, 0.2) is 0 Å². The van der Waals surface area contributed by atoms with Crippen molar-refractivity contribution in [2.45, 2.75) is 20.5 Å². The third-order valence-electron chi connectivity index (χ3n) is 3.46. The Balaban J connectivity index is 2.34. The lowest BCUT2D eigenvalue weighted by Gasteiger charge is -2.22. The lowest BCUT2D eigenvalue weighted by Crippen LogP contribution is -2.36. The quantitative estimate of drug-likeness (QED) is 0.858. The van der Waals surface area contributed by atoms with Crippen LogP contribution in [0, 0.1) is 5.41 Å². The summed E-state index contributed by atoms with van der Waals surface area (Å²) in [4.78, 5) is 12.3. The number of benzene rings is 2. The van der Waals surface area contributed by atoms with E-state index in [0.29, 0.717) is 5.39 Å². The van der Waals surface area contributed by atoms with Crippen LogP contribution < -0.4 is 10.1 Å². The molecule has 6 heteroatoms. The molecule has 0 unspecified atom stereocenters. The van der Waals surface area contributed by atoms with Gasteiger partial charge in [0, 0.05) is 18.6 Å². The van der Waals surface area contributed by atoms with Crippen LogP contribution >= 0.6 is 0 Å². The van der Waals surface area contributed by atoms with E-state index < -0.39 is 17.9 Å². The minimum absolute atomic E-state index is 0.0396. The molecule has 0 bridgehead atoms.